The van der Waals surface area contributed by atoms with Crippen LogP contribution in [-0.4, -0.2) is 25.7 Å². The van der Waals surface area contributed by atoms with Crippen LogP contribution in [0.3, 0.4) is 0 Å². The quantitative estimate of drug-likeness (QED) is 0.484. The predicted molar refractivity (Wildman–Crippen MR) is 73.3 cm³/mol. The molecule has 1 aliphatic heterocycles. The Hall–Kier alpha value is -2.76. The zero-order chi connectivity index (χ0) is 14.5. The maximum absolute atomic E-state index is 11.4. The second kappa shape index (κ2) is 5.92. The third-order valence-electron chi connectivity index (χ3n) is 2.58. The third-order valence-corrected chi connectivity index (χ3v) is 2.58. The van der Waals surface area contributed by atoms with Gasteiger partial charge in [0, 0.05) is 0 Å². The van der Waals surface area contributed by atoms with Gasteiger partial charge in [-0.15, -0.1) is 0 Å². The Kier molecular flexibility index (Phi) is 4.05. The van der Waals surface area contributed by atoms with E-state index in [1.807, 2.05) is 0 Å². The largest absolute Gasteiger partial charge is 0.493 e. The van der Waals surface area contributed by atoms with Crippen molar-refractivity contribution in [3.05, 3.63) is 42.1 Å². The Labute approximate surface area is 116 Å². The molecular formula is C14H14N2O4. The molecule has 0 atom stereocenters. The van der Waals surface area contributed by atoms with E-state index in [0.717, 1.165) is 0 Å². The van der Waals surface area contributed by atoms with Crippen molar-refractivity contribution >= 4 is 18.0 Å². The number of amides is 3. The highest BCUT2D eigenvalue weighted by molar-refractivity contribution is 6.13. The molecule has 6 heteroatoms. The van der Waals surface area contributed by atoms with Gasteiger partial charge in [0.05, 0.1) is 7.11 Å². The molecule has 0 aliphatic carbocycles. The third kappa shape index (κ3) is 2.97. The van der Waals surface area contributed by atoms with E-state index in [0.29, 0.717) is 23.7 Å². The van der Waals surface area contributed by atoms with Crippen LogP contribution in [0.25, 0.3) is 6.08 Å². The highest BCUT2D eigenvalue weighted by Crippen LogP contribution is 2.28. The average Bonchev–Trinajstić information content (AvgIpc) is 2.75. The first-order valence-corrected chi connectivity index (χ1v) is 5.90. The summed E-state index contributed by atoms with van der Waals surface area (Å²) in [6.45, 7) is 3.94. The molecule has 0 saturated carbocycles. The van der Waals surface area contributed by atoms with E-state index in [1.165, 1.54) is 7.11 Å². The van der Waals surface area contributed by atoms with Crippen LogP contribution in [0.4, 0.5) is 4.79 Å². The van der Waals surface area contributed by atoms with Crippen LogP contribution in [0.2, 0.25) is 0 Å². The fourth-order valence-corrected chi connectivity index (χ4v) is 1.69. The molecule has 0 bridgehead atoms. The standard InChI is InChI=1S/C14H14N2O4/c1-3-6-20-11-5-4-9(8-12(11)19-2)7-10-13(17)16-14(18)15-10/h3-5,7-8H,1,6H2,2H3,(H2,15,16,17,18)/b10-7+. The van der Waals surface area contributed by atoms with Gasteiger partial charge >= 0.3 is 6.03 Å². The number of imide groups is 1. The lowest BCUT2D eigenvalue weighted by molar-refractivity contribution is -0.115. The Morgan fingerprint density at radius 3 is 2.65 bits per heavy atom. The van der Waals surface area contributed by atoms with Gasteiger partial charge in [-0.25, -0.2) is 4.79 Å². The maximum Gasteiger partial charge on any atom is 0.326 e. The van der Waals surface area contributed by atoms with Gasteiger partial charge in [0.15, 0.2) is 11.5 Å². The smallest absolute Gasteiger partial charge is 0.326 e. The van der Waals surface area contributed by atoms with Crippen molar-refractivity contribution in [1.82, 2.24) is 10.6 Å². The second-order valence-corrected chi connectivity index (χ2v) is 3.98. The molecule has 1 saturated heterocycles. The summed E-state index contributed by atoms with van der Waals surface area (Å²) in [4.78, 5) is 22.4. The fourth-order valence-electron chi connectivity index (χ4n) is 1.69. The molecule has 0 radical (unpaired) electrons. The van der Waals surface area contributed by atoms with Gasteiger partial charge in [0.25, 0.3) is 5.91 Å². The molecule has 20 heavy (non-hydrogen) atoms. The van der Waals surface area contributed by atoms with Crippen LogP contribution in [0.1, 0.15) is 5.56 Å². The highest BCUT2D eigenvalue weighted by atomic mass is 16.5. The van der Waals surface area contributed by atoms with Gasteiger partial charge in [-0.05, 0) is 23.8 Å². The first kappa shape index (κ1) is 13.7. The molecule has 0 aromatic heterocycles. The molecule has 1 heterocycles. The second-order valence-electron chi connectivity index (χ2n) is 3.98. The maximum atomic E-state index is 11.4. The van der Waals surface area contributed by atoms with Crippen LogP contribution in [-0.2, 0) is 4.79 Å². The first-order valence-electron chi connectivity index (χ1n) is 5.90. The molecule has 1 aromatic carbocycles. The van der Waals surface area contributed by atoms with E-state index < -0.39 is 11.9 Å². The van der Waals surface area contributed by atoms with Crippen LogP contribution in [0, 0.1) is 0 Å². The van der Waals surface area contributed by atoms with E-state index in [2.05, 4.69) is 17.2 Å². The van der Waals surface area contributed by atoms with Gasteiger partial charge in [-0.3, -0.25) is 10.1 Å². The first-order chi connectivity index (χ1) is 9.63. The predicted octanol–water partition coefficient (Wildman–Crippen LogP) is 1.44. The normalized spacial score (nSPS) is 15.8. The van der Waals surface area contributed by atoms with Crippen molar-refractivity contribution in [1.29, 1.82) is 0 Å². The molecule has 1 aromatic rings. The van der Waals surface area contributed by atoms with Crippen LogP contribution in [0.15, 0.2) is 36.6 Å². The molecule has 1 fully saturated rings. The van der Waals surface area contributed by atoms with Gasteiger partial charge in [-0.2, -0.15) is 0 Å². The number of hydrogen-bond acceptors (Lipinski definition) is 4. The molecule has 1 aliphatic rings. The number of ether oxygens (including phenoxy) is 2. The van der Waals surface area contributed by atoms with Crippen LogP contribution < -0.4 is 20.1 Å². The monoisotopic (exact) mass is 274 g/mol. The number of hydrogen-bond donors (Lipinski definition) is 2. The van der Waals surface area contributed by atoms with E-state index >= 15 is 0 Å². The highest BCUT2D eigenvalue weighted by Gasteiger charge is 2.22. The lowest BCUT2D eigenvalue weighted by Gasteiger charge is -2.09. The van der Waals surface area contributed by atoms with Gasteiger partial charge < -0.3 is 14.8 Å². The Bertz CT molecular complexity index is 593. The number of methoxy groups -OCH3 is 1. The lowest BCUT2D eigenvalue weighted by Crippen LogP contribution is -2.22. The van der Waals surface area contributed by atoms with E-state index in [-0.39, 0.29) is 5.70 Å². The van der Waals surface area contributed by atoms with Crippen LogP contribution >= 0.6 is 0 Å². The minimum atomic E-state index is -0.529. The minimum Gasteiger partial charge on any atom is -0.493 e. The fraction of sp³-hybridized carbons (Fsp3) is 0.143. The molecule has 6 nitrogen and oxygen atoms in total. The number of urea groups is 1. The molecule has 0 spiro atoms. The van der Waals surface area contributed by atoms with Crippen molar-refractivity contribution in [3.8, 4) is 11.5 Å². The zero-order valence-corrected chi connectivity index (χ0v) is 10.9. The molecule has 2 N–H and O–H groups in total. The summed E-state index contributed by atoms with van der Waals surface area (Å²) < 4.78 is 10.6. The van der Waals surface area contributed by atoms with Gasteiger partial charge in [0.1, 0.15) is 12.3 Å². The number of rotatable bonds is 5. The summed E-state index contributed by atoms with van der Waals surface area (Å²) in [7, 11) is 1.52. The topological polar surface area (TPSA) is 76.7 Å². The average molecular weight is 274 g/mol. The van der Waals surface area contributed by atoms with Gasteiger partial charge in [-0.1, -0.05) is 18.7 Å². The van der Waals surface area contributed by atoms with Crippen molar-refractivity contribution in [2.24, 2.45) is 0 Å². The van der Waals surface area contributed by atoms with Crippen molar-refractivity contribution in [3.63, 3.8) is 0 Å². The summed E-state index contributed by atoms with van der Waals surface area (Å²) in [5, 5.41) is 4.55. The summed E-state index contributed by atoms with van der Waals surface area (Å²) >= 11 is 0. The Morgan fingerprint density at radius 2 is 2.05 bits per heavy atom. The summed E-state index contributed by atoms with van der Waals surface area (Å²) in [6.07, 6.45) is 3.19. The summed E-state index contributed by atoms with van der Waals surface area (Å²) in [5.41, 5.74) is 0.900. The van der Waals surface area contributed by atoms with Crippen LogP contribution in [0.5, 0.6) is 11.5 Å². The molecule has 0 unspecified atom stereocenters. The number of carbonyl (C=O) groups is 2. The van der Waals surface area contributed by atoms with Crippen molar-refractivity contribution in [2.45, 2.75) is 0 Å². The molecule has 3 amide bonds. The molecule has 104 valence electrons. The number of benzene rings is 1. The SMILES string of the molecule is C=CCOc1ccc(/C=C2/NC(=O)NC2=O)cc1OC. The number of nitrogens with one attached hydrogen (secondary N) is 2. The van der Waals surface area contributed by atoms with Crippen molar-refractivity contribution < 1.29 is 19.1 Å². The summed E-state index contributed by atoms with van der Waals surface area (Å²) in [6, 6.07) is 4.66. The molecule has 2 rings (SSSR count). The Morgan fingerprint density at radius 1 is 1.25 bits per heavy atom. The van der Waals surface area contributed by atoms with E-state index in [4.69, 9.17) is 9.47 Å². The minimum absolute atomic E-state index is 0.191. The van der Waals surface area contributed by atoms with Crippen molar-refractivity contribution in [2.75, 3.05) is 13.7 Å². The van der Waals surface area contributed by atoms with E-state index in [1.54, 1.807) is 30.4 Å². The summed E-state index contributed by atoms with van der Waals surface area (Å²) in [5.74, 6) is 0.654. The number of carbonyl (C=O) groups excluding carboxylic acids is 2. The zero-order valence-electron chi connectivity index (χ0n) is 10.9. The molecular weight excluding hydrogens is 260 g/mol. The Balaban J connectivity index is 2.25. The lowest BCUT2D eigenvalue weighted by atomic mass is 10.1. The van der Waals surface area contributed by atoms with E-state index in [9.17, 15) is 9.59 Å². The van der Waals surface area contributed by atoms with Gasteiger partial charge in [0.2, 0.25) is 0 Å².